The van der Waals surface area contributed by atoms with Crippen LogP contribution in [-0.4, -0.2) is 46.7 Å². The molecule has 7 heteroatoms. The predicted octanol–water partition coefficient (Wildman–Crippen LogP) is 4.14. The van der Waals surface area contributed by atoms with Crippen LogP contribution in [0.2, 0.25) is 5.28 Å². The van der Waals surface area contributed by atoms with Gasteiger partial charge in [0.15, 0.2) is 0 Å². The van der Waals surface area contributed by atoms with Gasteiger partial charge in [-0.2, -0.15) is 0 Å². The summed E-state index contributed by atoms with van der Waals surface area (Å²) < 4.78 is 5.21. The molecule has 1 aromatic carbocycles. The number of benzene rings is 1. The molecule has 0 radical (unpaired) electrons. The number of carbonyl (C=O) groups excluding carboxylic acids is 1. The van der Waals surface area contributed by atoms with Gasteiger partial charge in [-0.05, 0) is 64.0 Å². The zero-order valence-electron chi connectivity index (χ0n) is 16.3. The fourth-order valence-corrected chi connectivity index (χ4v) is 2.67. The zero-order chi connectivity index (χ0) is 19.9. The lowest BCUT2D eigenvalue weighted by molar-refractivity contribution is 0.0526. The molecule has 2 rings (SSSR count). The molecule has 0 saturated heterocycles. The molecule has 0 unspecified atom stereocenters. The van der Waals surface area contributed by atoms with E-state index in [4.69, 9.17) is 16.3 Å². The van der Waals surface area contributed by atoms with Gasteiger partial charge in [0.05, 0.1) is 5.69 Å². The fourth-order valence-electron chi connectivity index (χ4n) is 2.52. The minimum Gasteiger partial charge on any atom is -0.444 e. The Hall–Kier alpha value is -2.18. The Kier molecular flexibility index (Phi) is 7.56. The molecule has 0 aliphatic carbocycles. The molecule has 27 heavy (non-hydrogen) atoms. The highest BCUT2D eigenvalue weighted by Gasteiger charge is 2.15. The summed E-state index contributed by atoms with van der Waals surface area (Å²) in [6, 6.07) is 10.1. The van der Waals surface area contributed by atoms with Crippen LogP contribution in [0.15, 0.2) is 36.5 Å². The summed E-state index contributed by atoms with van der Waals surface area (Å²) in [7, 11) is 2.06. The van der Waals surface area contributed by atoms with E-state index in [2.05, 4.69) is 39.4 Å². The Morgan fingerprint density at radius 3 is 2.56 bits per heavy atom. The Bertz CT molecular complexity index is 744. The Morgan fingerprint density at radius 1 is 1.22 bits per heavy atom. The number of halogens is 1. The van der Waals surface area contributed by atoms with Crippen molar-refractivity contribution >= 4 is 17.7 Å². The van der Waals surface area contributed by atoms with Crippen molar-refractivity contribution in [2.45, 2.75) is 39.3 Å². The van der Waals surface area contributed by atoms with Gasteiger partial charge in [-0.3, -0.25) is 0 Å². The minimum absolute atomic E-state index is 0.247. The van der Waals surface area contributed by atoms with Crippen LogP contribution in [0.5, 0.6) is 0 Å². The quantitative estimate of drug-likeness (QED) is 0.568. The number of rotatable bonds is 7. The normalized spacial score (nSPS) is 11.5. The number of alkyl carbamates (subject to hydrolysis) is 1. The van der Waals surface area contributed by atoms with Crippen molar-refractivity contribution in [3.8, 4) is 11.3 Å². The largest absolute Gasteiger partial charge is 0.444 e. The molecule has 0 atom stereocenters. The summed E-state index contributed by atoms with van der Waals surface area (Å²) >= 11 is 5.84. The molecule has 0 spiro atoms. The topological polar surface area (TPSA) is 67.4 Å². The number of nitrogens with one attached hydrogen (secondary N) is 1. The summed E-state index contributed by atoms with van der Waals surface area (Å²) in [4.78, 5) is 21.9. The molecule has 1 aromatic heterocycles. The first-order valence-electron chi connectivity index (χ1n) is 8.96. The van der Waals surface area contributed by atoms with Crippen molar-refractivity contribution in [1.29, 1.82) is 0 Å². The average molecular weight is 391 g/mol. The maximum atomic E-state index is 11.6. The van der Waals surface area contributed by atoms with E-state index in [0.717, 1.165) is 30.8 Å². The molecule has 1 heterocycles. The first kappa shape index (κ1) is 21.1. The van der Waals surface area contributed by atoms with Crippen LogP contribution in [0, 0.1) is 0 Å². The van der Waals surface area contributed by atoms with E-state index in [1.807, 2.05) is 39.0 Å². The van der Waals surface area contributed by atoms with Gasteiger partial charge in [-0.15, -0.1) is 0 Å². The van der Waals surface area contributed by atoms with Gasteiger partial charge in [0.1, 0.15) is 5.60 Å². The second kappa shape index (κ2) is 9.67. The highest BCUT2D eigenvalue weighted by molar-refractivity contribution is 6.28. The smallest absolute Gasteiger partial charge is 0.407 e. The van der Waals surface area contributed by atoms with Crippen LogP contribution in [0.3, 0.4) is 0 Å². The lowest BCUT2D eigenvalue weighted by Gasteiger charge is -2.20. The van der Waals surface area contributed by atoms with Crippen LogP contribution in [0.1, 0.15) is 32.8 Å². The monoisotopic (exact) mass is 390 g/mol. The van der Waals surface area contributed by atoms with E-state index in [9.17, 15) is 4.79 Å². The molecule has 0 bridgehead atoms. The van der Waals surface area contributed by atoms with E-state index in [1.54, 1.807) is 6.20 Å². The van der Waals surface area contributed by atoms with Crippen LogP contribution in [-0.2, 0) is 11.3 Å². The van der Waals surface area contributed by atoms with Crippen molar-refractivity contribution in [2.24, 2.45) is 0 Å². The number of aromatic nitrogens is 2. The highest BCUT2D eigenvalue weighted by atomic mass is 35.5. The second-order valence-corrected chi connectivity index (χ2v) is 7.77. The maximum Gasteiger partial charge on any atom is 0.407 e. The number of amides is 1. The zero-order valence-corrected chi connectivity index (χ0v) is 17.1. The molecule has 146 valence electrons. The number of carbonyl (C=O) groups is 1. The average Bonchev–Trinajstić information content (AvgIpc) is 2.58. The molecule has 2 aromatic rings. The molecule has 0 aliphatic heterocycles. The molecule has 0 fully saturated rings. The van der Waals surface area contributed by atoms with E-state index in [1.165, 1.54) is 5.56 Å². The second-order valence-electron chi connectivity index (χ2n) is 7.43. The molecule has 1 amide bonds. The third-order valence-electron chi connectivity index (χ3n) is 3.71. The van der Waals surface area contributed by atoms with E-state index in [-0.39, 0.29) is 11.4 Å². The van der Waals surface area contributed by atoms with Crippen LogP contribution in [0.4, 0.5) is 4.79 Å². The van der Waals surface area contributed by atoms with Gasteiger partial charge in [0.25, 0.3) is 0 Å². The standard InChI is InChI=1S/C20H27ClN4O2/c1-20(2,3)27-19(26)23-11-5-13-25(4)14-15-6-8-16(9-7-15)17-10-12-22-18(21)24-17/h6-10,12H,5,11,13-14H2,1-4H3,(H,23,26). The molecule has 6 nitrogen and oxygen atoms in total. The number of hydrogen-bond donors (Lipinski definition) is 1. The summed E-state index contributed by atoms with van der Waals surface area (Å²) in [5.74, 6) is 0. The van der Waals surface area contributed by atoms with Gasteiger partial charge in [-0.25, -0.2) is 14.8 Å². The highest BCUT2D eigenvalue weighted by Crippen LogP contribution is 2.18. The van der Waals surface area contributed by atoms with E-state index in [0.29, 0.717) is 6.54 Å². The van der Waals surface area contributed by atoms with Crippen LogP contribution < -0.4 is 5.32 Å². The molecular formula is C20H27ClN4O2. The molecule has 1 N–H and O–H groups in total. The predicted molar refractivity (Wildman–Crippen MR) is 108 cm³/mol. The fraction of sp³-hybridized carbons (Fsp3) is 0.450. The Balaban J connectivity index is 1.74. The Morgan fingerprint density at radius 2 is 1.93 bits per heavy atom. The van der Waals surface area contributed by atoms with Crippen molar-refractivity contribution in [3.63, 3.8) is 0 Å². The van der Waals surface area contributed by atoms with E-state index >= 15 is 0 Å². The molecule has 0 saturated carbocycles. The molecule has 0 aliphatic rings. The summed E-state index contributed by atoms with van der Waals surface area (Å²) in [5.41, 5.74) is 2.56. The lowest BCUT2D eigenvalue weighted by atomic mass is 10.1. The first-order chi connectivity index (χ1) is 12.7. The third kappa shape index (κ3) is 7.93. The van der Waals surface area contributed by atoms with Crippen LogP contribution >= 0.6 is 11.6 Å². The van der Waals surface area contributed by atoms with Gasteiger partial charge in [-0.1, -0.05) is 24.3 Å². The van der Waals surface area contributed by atoms with Gasteiger partial charge >= 0.3 is 6.09 Å². The first-order valence-corrected chi connectivity index (χ1v) is 9.34. The van der Waals surface area contributed by atoms with E-state index < -0.39 is 5.60 Å². The van der Waals surface area contributed by atoms with Gasteiger partial charge in [0.2, 0.25) is 5.28 Å². The summed E-state index contributed by atoms with van der Waals surface area (Å²) in [5, 5.41) is 3.02. The summed E-state index contributed by atoms with van der Waals surface area (Å²) in [6.07, 6.45) is 2.14. The number of ether oxygens (including phenoxy) is 1. The summed E-state index contributed by atoms with van der Waals surface area (Å²) in [6.45, 7) is 7.85. The van der Waals surface area contributed by atoms with Gasteiger partial charge < -0.3 is 15.0 Å². The molecular weight excluding hydrogens is 364 g/mol. The maximum absolute atomic E-state index is 11.6. The van der Waals surface area contributed by atoms with Crippen molar-refractivity contribution in [2.75, 3.05) is 20.1 Å². The number of nitrogens with zero attached hydrogens (tertiary/aromatic N) is 3. The Labute approximate surface area is 165 Å². The SMILES string of the molecule is CN(CCCNC(=O)OC(C)(C)C)Cc1ccc(-c2ccnc(Cl)n2)cc1. The minimum atomic E-state index is -0.468. The van der Waals surface area contributed by atoms with Crippen LogP contribution in [0.25, 0.3) is 11.3 Å². The third-order valence-corrected chi connectivity index (χ3v) is 3.90. The van der Waals surface area contributed by atoms with Crippen molar-refractivity contribution < 1.29 is 9.53 Å². The van der Waals surface area contributed by atoms with Crippen molar-refractivity contribution in [1.82, 2.24) is 20.2 Å². The lowest BCUT2D eigenvalue weighted by Crippen LogP contribution is -2.34. The van der Waals surface area contributed by atoms with Crippen molar-refractivity contribution in [3.05, 3.63) is 47.4 Å². The van der Waals surface area contributed by atoms with Gasteiger partial charge in [0, 0.05) is 24.8 Å². The number of hydrogen-bond acceptors (Lipinski definition) is 5.